The van der Waals surface area contributed by atoms with Crippen molar-refractivity contribution < 1.29 is 9.32 Å². The summed E-state index contributed by atoms with van der Waals surface area (Å²) in [5.74, 6) is 1.44. The standard InChI is InChI=1S/C22H25N3O2S2/c1-15-13-16(27-25-15)14-28-19-9-4-2-7-17(19)22(26)23-12-6-11-21-24-18-8-3-5-10-20(18)29-21/h2,4,7,9,13H,3,5-6,8,10-12,14H2,1H3,(H,23,26). The summed E-state index contributed by atoms with van der Waals surface area (Å²) in [6.45, 7) is 2.56. The predicted molar refractivity (Wildman–Crippen MR) is 117 cm³/mol. The topological polar surface area (TPSA) is 68.0 Å². The highest BCUT2D eigenvalue weighted by molar-refractivity contribution is 7.98. The van der Waals surface area contributed by atoms with Crippen LogP contribution >= 0.6 is 23.1 Å². The molecule has 1 aliphatic rings. The summed E-state index contributed by atoms with van der Waals surface area (Å²) >= 11 is 3.45. The minimum absolute atomic E-state index is 0.0275. The zero-order valence-electron chi connectivity index (χ0n) is 16.6. The first-order valence-electron chi connectivity index (χ1n) is 10.1. The highest BCUT2D eigenvalue weighted by Crippen LogP contribution is 2.28. The molecule has 5 nitrogen and oxygen atoms in total. The Kier molecular flexibility index (Phi) is 6.67. The molecule has 4 rings (SSSR count). The van der Waals surface area contributed by atoms with Gasteiger partial charge in [-0.1, -0.05) is 17.3 Å². The number of thioether (sulfide) groups is 1. The largest absolute Gasteiger partial charge is 0.360 e. The number of fused-ring (bicyclic) bond motifs is 1. The number of aryl methyl sites for hydroxylation is 4. The van der Waals surface area contributed by atoms with Gasteiger partial charge in [-0.3, -0.25) is 4.79 Å². The number of amides is 1. The average molecular weight is 428 g/mol. The second-order valence-electron chi connectivity index (χ2n) is 7.26. The van der Waals surface area contributed by atoms with E-state index in [0.717, 1.165) is 35.6 Å². The number of carbonyl (C=O) groups excluding carboxylic acids is 1. The molecule has 1 aromatic carbocycles. The van der Waals surface area contributed by atoms with E-state index in [1.807, 2.05) is 48.6 Å². The summed E-state index contributed by atoms with van der Waals surface area (Å²) in [7, 11) is 0. The van der Waals surface area contributed by atoms with Gasteiger partial charge in [0.2, 0.25) is 0 Å². The highest BCUT2D eigenvalue weighted by Gasteiger charge is 2.15. The highest BCUT2D eigenvalue weighted by atomic mass is 32.2. The normalized spacial score (nSPS) is 13.3. The maximum absolute atomic E-state index is 12.7. The Hall–Kier alpha value is -2.12. The zero-order chi connectivity index (χ0) is 20.1. The molecule has 152 valence electrons. The molecular weight excluding hydrogens is 402 g/mol. The third kappa shape index (κ3) is 5.28. The lowest BCUT2D eigenvalue weighted by atomic mass is 10.0. The van der Waals surface area contributed by atoms with E-state index in [1.165, 1.54) is 34.8 Å². The lowest BCUT2D eigenvalue weighted by Gasteiger charge is -2.09. The Bertz CT molecular complexity index is 957. The van der Waals surface area contributed by atoms with E-state index in [0.29, 0.717) is 17.9 Å². The van der Waals surface area contributed by atoms with Gasteiger partial charge in [0.05, 0.1) is 27.7 Å². The molecule has 2 heterocycles. The van der Waals surface area contributed by atoms with Crippen LogP contribution in [-0.2, 0) is 25.0 Å². The lowest BCUT2D eigenvalue weighted by Crippen LogP contribution is -2.25. The lowest BCUT2D eigenvalue weighted by molar-refractivity contribution is 0.0950. The summed E-state index contributed by atoms with van der Waals surface area (Å²) in [6.07, 6.45) is 6.71. The van der Waals surface area contributed by atoms with Crippen molar-refractivity contribution in [2.45, 2.75) is 56.1 Å². The number of aromatic nitrogens is 2. The van der Waals surface area contributed by atoms with Gasteiger partial charge in [-0.2, -0.15) is 0 Å². The summed E-state index contributed by atoms with van der Waals surface area (Å²) in [4.78, 5) is 19.9. The minimum Gasteiger partial charge on any atom is -0.360 e. The molecule has 2 aromatic heterocycles. The van der Waals surface area contributed by atoms with Crippen molar-refractivity contribution in [3.63, 3.8) is 0 Å². The fourth-order valence-electron chi connectivity index (χ4n) is 3.46. The molecular formula is C22H25N3O2S2. The molecule has 0 bridgehead atoms. The van der Waals surface area contributed by atoms with Crippen molar-refractivity contribution in [2.75, 3.05) is 6.54 Å². The van der Waals surface area contributed by atoms with Crippen LogP contribution < -0.4 is 5.32 Å². The first kappa shape index (κ1) is 20.2. The van der Waals surface area contributed by atoms with Crippen molar-refractivity contribution >= 4 is 29.0 Å². The fraction of sp³-hybridized carbons (Fsp3) is 0.409. The monoisotopic (exact) mass is 427 g/mol. The number of hydrogen-bond donors (Lipinski definition) is 1. The van der Waals surface area contributed by atoms with Crippen LogP contribution in [0.1, 0.15) is 56.7 Å². The number of nitrogens with zero attached hydrogens (tertiary/aromatic N) is 2. The molecule has 0 saturated carbocycles. The van der Waals surface area contributed by atoms with Crippen LogP contribution in [0.15, 0.2) is 39.8 Å². The van der Waals surface area contributed by atoms with Crippen LogP contribution in [0.25, 0.3) is 0 Å². The van der Waals surface area contributed by atoms with E-state index in [4.69, 9.17) is 9.51 Å². The average Bonchev–Trinajstić information content (AvgIpc) is 3.35. The van der Waals surface area contributed by atoms with E-state index >= 15 is 0 Å². The Morgan fingerprint density at radius 2 is 2.14 bits per heavy atom. The number of carbonyl (C=O) groups is 1. The van der Waals surface area contributed by atoms with Gasteiger partial charge in [0.1, 0.15) is 5.76 Å². The first-order valence-corrected chi connectivity index (χ1v) is 11.9. The van der Waals surface area contributed by atoms with Gasteiger partial charge in [0, 0.05) is 28.8 Å². The van der Waals surface area contributed by atoms with Crippen LogP contribution in [0, 0.1) is 6.92 Å². The van der Waals surface area contributed by atoms with Crippen molar-refractivity contribution in [2.24, 2.45) is 0 Å². The van der Waals surface area contributed by atoms with E-state index in [-0.39, 0.29) is 5.91 Å². The van der Waals surface area contributed by atoms with Crippen LogP contribution in [0.5, 0.6) is 0 Å². The van der Waals surface area contributed by atoms with Crippen LogP contribution in [0.3, 0.4) is 0 Å². The molecule has 0 spiro atoms. The smallest absolute Gasteiger partial charge is 0.252 e. The quantitative estimate of drug-likeness (QED) is 0.406. The van der Waals surface area contributed by atoms with Gasteiger partial charge in [-0.25, -0.2) is 4.98 Å². The molecule has 1 N–H and O–H groups in total. The third-order valence-electron chi connectivity index (χ3n) is 4.92. The SMILES string of the molecule is Cc1cc(CSc2ccccc2C(=O)NCCCc2nc3c(s2)CCCC3)on1. The number of thiazole rings is 1. The second-order valence-corrected chi connectivity index (χ2v) is 9.45. The summed E-state index contributed by atoms with van der Waals surface area (Å²) in [5, 5.41) is 8.19. The van der Waals surface area contributed by atoms with E-state index < -0.39 is 0 Å². The van der Waals surface area contributed by atoms with Gasteiger partial charge in [-0.05, 0) is 51.2 Å². The minimum atomic E-state index is -0.0275. The van der Waals surface area contributed by atoms with Crippen LogP contribution in [0.4, 0.5) is 0 Å². The van der Waals surface area contributed by atoms with E-state index in [2.05, 4.69) is 10.5 Å². The van der Waals surface area contributed by atoms with Crippen LogP contribution in [0.2, 0.25) is 0 Å². The Balaban J connectivity index is 1.27. The molecule has 1 aliphatic carbocycles. The zero-order valence-corrected chi connectivity index (χ0v) is 18.2. The molecule has 0 fully saturated rings. The van der Waals surface area contributed by atoms with Gasteiger partial charge in [0.15, 0.2) is 0 Å². The maximum Gasteiger partial charge on any atom is 0.252 e. The number of nitrogens with one attached hydrogen (secondary N) is 1. The molecule has 7 heteroatoms. The molecule has 0 aliphatic heterocycles. The summed E-state index contributed by atoms with van der Waals surface area (Å²) in [5.41, 5.74) is 2.89. The maximum atomic E-state index is 12.7. The van der Waals surface area contributed by atoms with Gasteiger partial charge in [0.25, 0.3) is 5.91 Å². The number of rotatable bonds is 8. The second kappa shape index (κ2) is 9.59. The Labute approximate surface area is 179 Å². The van der Waals surface area contributed by atoms with Crippen molar-refractivity contribution in [3.8, 4) is 0 Å². The van der Waals surface area contributed by atoms with Crippen LogP contribution in [-0.4, -0.2) is 22.6 Å². The molecule has 29 heavy (non-hydrogen) atoms. The van der Waals surface area contributed by atoms with E-state index in [9.17, 15) is 4.79 Å². The molecule has 0 atom stereocenters. The molecule has 1 amide bonds. The van der Waals surface area contributed by atoms with E-state index in [1.54, 1.807) is 11.8 Å². The van der Waals surface area contributed by atoms with Gasteiger partial charge in [-0.15, -0.1) is 23.1 Å². The summed E-state index contributed by atoms with van der Waals surface area (Å²) in [6, 6.07) is 9.62. The van der Waals surface area contributed by atoms with Crippen molar-refractivity contribution in [1.29, 1.82) is 0 Å². The van der Waals surface area contributed by atoms with Crippen molar-refractivity contribution in [1.82, 2.24) is 15.5 Å². The molecule has 3 aromatic rings. The molecule has 0 radical (unpaired) electrons. The van der Waals surface area contributed by atoms with Gasteiger partial charge >= 0.3 is 0 Å². The molecule has 0 unspecified atom stereocenters. The Morgan fingerprint density at radius 3 is 2.97 bits per heavy atom. The predicted octanol–water partition coefficient (Wildman–Crippen LogP) is 4.97. The molecule has 0 saturated heterocycles. The third-order valence-corrected chi connectivity index (χ3v) is 7.23. The van der Waals surface area contributed by atoms with Crippen molar-refractivity contribution in [3.05, 3.63) is 62.9 Å². The van der Waals surface area contributed by atoms with Gasteiger partial charge < -0.3 is 9.84 Å². The Morgan fingerprint density at radius 1 is 1.28 bits per heavy atom. The summed E-state index contributed by atoms with van der Waals surface area (Å²) < 4.78 is 5.26. The fourth-order valence-corrected chi connectivity index (χ4v) is 5.59. The first-order chi connectivity index (χ1) is 14.2. The number of hydrogen-bond acceptors (Lipinski definition) is 6. The number of benzene rings is 1.